The molecule has 0 bridgehead atoms. The highest BCUT2D eigenvalue weighted by Gasteiger charge is 2.27. The van der Waals surface area contributed by atoms with Crippen molar-refractivity contribution in [2.45, 2.75) is 38.8 Å². The van der Waals surface area contributed by atoms with Gasteiger partial charge in [-0.15, -0.1) is 5.10 Å². The number of fused-ring (bicyclic) bond motifs is 2. The molecule has 0 atom stereocenters. The van der Waals surface area contributed by atoms with E-state index in [1.165, 1.54) is 30.4 Å². The Morgan fingerprint density at radius 2 is 1.95 bits per heavy atom. The number of imidazole rings is 2. The Morgan fingerprint density at radius 1 is 1.12 bits per heavy atom. The Balaban J connectivity index is 1.08. The molecule has 6 heterocycles. The van der Waals surface area contributed by atoms with Crippen LogP contribution in [0, 0.1) is 12.7 Å². The van der Waals surface area contributed by atoms with Crippen LogP contribution < -0.4 is 10.2 Å². The van der Waals surface area contributed by atoms with E-state index in [1.54, 1.807) is 34.5 Å². The zero-order chi connectivity index (χ0) is 27.4. The number of aromatic nitrogens is 7. The number of nitrogens with one attached hydrogen (secondary N) is 1. The Hall–Kier alpha value is -4.32. The molecule has 11 nitrogen and oxygen atoms in total. The fourth-order valence-corrected chi connectivity index (χ4v) is 5.38. The number of carbonyl (C=O) groups excluding carboxylic acids is 1. The quantitative estimate of drug-likeness (QED) is 0.338. The van der Waals surface area contributed by atoms with Crippen LogP contribution in [0.5, 0.6) is 0 Å². The lowest BCUT2D eigenvalue weighted by Crippen LogP contribution is -2.44. The molecule has 2 aliphatic rings. The molecule has 0 radical (unpaired) electrons. The average Bonchev–Trinajstić information content (AvgIpc) is 3.35. The van der Waals surface area contributed by atoms with Gasteiger partial charge < -0.3 is 23.9 Å². The summed E-state index contributed by atoms with van der Waals surface area (Å²) in [6.45, 7) is 6.18. The highest BCUT2D eigenvalue weighted by atomic mass is 19.1. The molecule has 1 aliphatic carbocycles. The molecule has 206 valence electrons. The van der Waals surface area contributed by atoms with E-state index in [0.717, 1.165) is 37.5 Å². The van der Waals surface area contributed by atoms with Gasteiger partial charge in [-0.3, -0.25) is 4.79 Å². The summed E-state index contributed by atoms with van der Waals surface area (Å²) in [7, 11) is 2.16. The smallest absolute Gasteiger partial charge is 0.273 e. The largest absolute Gasteiger partial charge is 0.366 e. The molecule has 1 N–H and O–H groups in total. The van der Waals surface area contributed by atoms with Crippen molar-refractivity contribution in [3.63, 3.8) is 0 Å². The first kappa shape index (κ1) is 24.7. The molecule has 0 spiro atoms. The van der Waals surface area contributed by atoms with Crippen LogP contribution in [0.1, 0.15) is 51.8 Å². The van der Waals surface area contributed by atoms with Crippen LogP contribution in [-0.2, 0) is 13.1 Å². The van der Waals surface area contributed by atoms with Gasteiger partial charge in [0.2, 0.25) is 0 Å². The summed E-state index contributed by atoms with van der Waals surface area (Å²) in [5.41, 5.74) is 5.84. The van der Waals surface area contributed by atoms with Crippen LogP contribution in [0.25, 0.3) is 11.2 Å². The lowest BCUT2D eigenvalue weighted by molar-refractivity contribution is 0.0945. The maximum atomic E-state index is 14.6. The minimum Gasteiger partial charge on any atom is -0.366 e. The second-order valence-corrected chi connectivity index (χ2v) is 10.9. The first-order chi connectivity index (χ1) is 19.4. The summed E-state index contributed by atoms with van der Waals surface area (Å²) in [6, 6.07) is 4.01. The van der Waals surface area contributed by atoms with Gasteiger partial charge in [-0.2, -0.15) is 0 Å². The molecule has 1 saturated carbocycles. The molecule has 2 fully saturated rings. The molecule has 1 aliphatic heterocycles. The van der Waals surface area contributed by atoms with Crippen molar-refractivity contribution in [3.05, 3.63) is 77.3 Å². The lowest BCUT2D eigenvalue weighted by Gasteiger charge is -2.34. The molecular weight excluding hydrogens is 511 g/mol. The number of likely N-dealkylation sites (N-methyl/N-ethyl adjacent to an activating group) is 1. The number of anilines is 1. The van der Waals surface area contributed by atoms with Crippen molar-refractivity contribution in [1.29, 1.82) is 0 Å². The highest BCUT2D eigenvalue weighted by Crippen LogP contribution is 2.42. The van der Waals surface area contributed by atoms with Gasteiger partial charge in [-0.05, 0) is 56.0 Å². The van der Waals surface area contributed by atoms with Gasteiger partial charge in [0.25, 0.3) is 5.91 Å². The van der Waals surface area contributed by atoms with Crippen molar-refractivity contribution >= 4 is 22.8 Å². The van der Waals surface area contributed by atoms with Crippen molar-refractivity contribution in [2.75, 3.05) is 38.1 Å². The van der Waals surface area contributed by atoms with E-state index in [4.69, 9.17) is 4.98 Å². The SMILES string of the molecule is Cc1ccn2cnc(CNC(=O)c3cn(Cc4cn5cc(C6CC6)cc(N6CCN(C)CC6)c5n4)nn3)c2c1F. The predicted molar refractivity (Wildman–Crippen MR) is 147 cm³/mol. The van der Waals surface area contributed by atoms with E-state index in [0.29, 0.717) is 29.2 Å². The topological polar surface area (TPSA) is 101 Å². The van der Waals surface area contributed by atoms with E-state index >= 15 is 0 Å². The van der Waals surface area contributed by atoms with Gasteiger partial charge in [0.05, 0.1) is 42.7 Å². The van der Waals surface area contributed by atoms with Crippen molar-refractivity contribution < 1.29 is 9.18 Å². The fourth-order valence-electron chi connectivity index (χ4n) is 5.38. The number of pyridine rings is 2. The second kappa shape index (κ2) is 9.70. The normalized spacial score (nSPS) is 16.3. The van der Waals surface area contributed by atoms with E-state index in [2.05, 4.69) is 54.1 Å². The number of hydrogen-bond donors (Lipinski definition) is 1. The van der Waals surface area contributed by atoms with Gasteiger partial charge in [0.1, 0.15) is 5.52 Å². The summed E-state index contributed by atoms with van der Waals surface area (Å²) in [5, 5.41) is 11.0. The van der Waals surface area contributed by atoms with Crippen LogP contribution in [0.15, 0.2) is 43.2 Å². The summed E-state index contributed by atoms with van der Waals surface area (Å²) < 4.78 is 20.0. The summed E-state index contributed by atoms with van der Waals surface area (Å²) in [6.07, 6.45) is 11.6. The van der Waals surface area contributed by atoms with Gasteiger partial charge in [-0.1, -0.05) is 5.21 Å². The zero-order valence-corrected chi connectivity index (χ0v) is 22.6. The summed E-state index contributed by atoms with van der Waals surface area (Å²) in [4.78, 5) is 26.8. The average molecular weight is 543 g/mol. The van der Waals surface area contributed by atoms with Crippen LogP contribution >= 0.6 is 0 Å². The molecule has 5 aromatic rings. The number of nitrogens with zero attached hydrogens (tertiary/aromatic N) is 9. The Morgan fingerprint density at radius 3 is 2.75 bits per heavy atom. The lowest BCUT2D eigenvalue weighted by atomic mass is 10.1. The Kier molecular flexibility index (Phi) is 5.99. The first-order valence-corrected chi connectivity index (χ1v) is 13.7. The molecule has 0 unspecified atom stereocenters. The fraction of sp³-hybridized carbons (Fsp3) is 0.393. The van der Waals surface area contributed by atoms with Crippen LogP contribution in [0.4, 0.5) is 10.1 Å². The third kappa shape index (κ3) is 4.57. The Labute approximate surface area is 230 Å². The molecule has 0 aromatic carbocycles. The molecule has 5 aromatic heterocycles. The maximum absolute atomic E-state index is 14.6. The minimum atomic E-state index is -0.401. The number of aryl methyl sites for hydroxylation is 1. The predicted octanol–water partition coefficient (Wildman–Crippen LogP) is 2.63. The van der Waals surface area contributed by atoms with Crippen molar-refractivity contribution in [3.8, 4) is 0 Å². The molecule has 12 heteroatoms. The number of halogens is 1. The van der Waals surface area contributed by atoms with Crippen molar-refractivity contribution in [1.82, 2.24) is 44.0 Å². The van der Waals surface area contributed by atoms with Crippen LogP contribution in [0.3, 0.4) is 0 Å². The van der Waals surface area contributed by atoms with E-state index in [-0.39, 0.29) is 18.1 Å². The molecule has 1 saturated heterocycles. The van der Waals surface area contributed by atoms with Gasteiger partial charge in [0, 0.05) is 44.8 Å². The molecule has 40 heavy (non-hydrogen) atoms. The van der Waals surface area contributed by atoms with E-state index < -0.39 is 5.91 Å². The first-order valence-electron chi connectivity index (χ1n) is 13.7. The maximum Gasteiger partial charge on any atom is 0.273 e. The number of carbonyl (C=O) groups is 1. The number of rotatable bonds is 7. The highest BCUT2D eigenvalue weighted by molar-refractivity contribution is 5.91. The zero-order valence-electron chi connectivity index (χ0n) is 22.6. The van der Waals surface area contributed by atoms with Gasteiger partial charge in [0.15, 0.2) is 17.2 Å². The third-order valence-electron chi connectivity index (χ3n) is 7.92. The van der Waals surface area contributed by atoms with Crippen LogP contribution in [0.2, 0.25) is 0 Å². The Bertz CT molecular complexity index is 1720. The van der Waals surface area contributed by atoms with Crippen LogP contribution in [-0.4, -0.2) is 77.8 Å². The molecule has 1 amide bonds. The third-order valence-corrected chi connectivity index (χ3v) is 7.92. The monoisotopic (exact) mass is 542 g/mol. The summed E-state index contributed by atoms with van der Waals surface area (Å²) in [5.74, 6) is -0.108. The number of piperazine rings is 1. The van der Waals surface area contributed by atoms with Gasteiger partial charge >= 0.3 is 0 Å². The summed E-state index contributed by atoms with van der Waals surface area (Å²) >= 11 is 0. The second-order valence-electron chi connectivity index (χ2n) is 10.9. The molecule has 7 rings (SSSR count). The molecular formula is C28H31FN10O. The number of hydrogen-bond acceptors (Lipinski definition) is 7. The van der Waals surface area contributed by atoms with Gasteiger partial charge in [-0.25, -0.2) is 19.0 Å². The standard InChI is InChI=1S/C28H31FN10O/c1-18-5-6-37-17-31-22(26(37)25(18)29)12-30-28(40)23-16-39(34-33-23)15-21-14-38-13-20(19-3-4-19)11-24(27(38)32-21)36-9-7-35(2)8-10-36/h5-6,11,13-14,16-17,19H,3-4,7-10,12,15H2,1-2H3,(H,30,40). The number of amides is 1. The van der Waals surface area contributed by atoms with E-state index in [9.17, 15) is 9.18 Å². The van der Waals surface area contributed by atoms with Crippen molar-refractivity contribution in [2.24, 2.45) is 0 Å². The van der Waals surface area contributed by atoms with E-state index in [1.807, 2.05) is 6.20 Å². The minimum absolute atomic E-state index is 0.0768.